The summed E-state index contributed by atoms with van der Waals surface area (Å²) in [7, 11) is 0. The van der Waals surface area contributed by atoms with Crippen molar-refractivity contribution >= 4 is 17.7 Å². The van der Waals surface area contributed by atoms with Crippen LogP contribution in [-0.4, -0.2) is 49.4 Å². The Morgan fingerprint density at radius 3 is 2.66 bits per heavy atom. The Hall–Kier alpha value is -2.67. The summed E-state index contributed by atoms with van der Waals surface area (Å²) in [5, 5.41) is 9.59. The Bertz CT molecular complexity index is 996. The fourth-order valence-electron chi connectivity index (χ4n) is 3.68. The summed E-state index contributed by atoms with van der Waals surface area (Å²) in [6.45, 7) is 5.90. The third-order valence-corrected chi connectivity index (χ3v) is 6.09. The maximum Gasteiger partial charge on any atom is 0.233 e. The molecule has 1 aliphatic heterocycles. The van der Waals surface area contributed by atoms with Gasteiger partial charge in [-0.3, -0.25) is 14.3 Å². The number of benzene rings is 1. The Morgan fingerprint density at radius 2 is 1.93 bits per heavy atom. The van der Waals surface area contributed by atoms with Crippen molar-refractivity contribution < 1.29 is 4.79 Å². The minimum Gasteiger partial charge on any atom is -0.342 e. The van der Waals surface area contributed by atoms with Crippen LogP contribution in [0.2, 0.25) is 0 Å². The normalized spacial score (nSPS) is 14.2. The number of carbonyl (C=O) groups excluding carboxylic acids is 1. The van der Waals surface area contributed by atoms with Crippen molar-refractivity contribution in [3.05, 3.63) is 53.9 Å². The highest BCUT2D eigenvalue weighted by molar-refractivity contribution is 7.99. The van der Waals surface area contributed by atoms with Crippen LogP contribution in [0.4, 0.5) is 0 Å². The van der Waals surface area contributed by atoms with Crippen LogP contribution in [0.5, 0.6) is 0 Å². The zero-order valence-corrected chi connectivity index (χ0v) is 17.7. The van der Waals surface area contributed by atoms with Crippen molar-refractivity contribution in [2.24, 2.45) is 0 Å². The van der Waals surface area contributed by atoms with Crippen LogP contribution in [0.25, 0.3) is 17.1 Å². The van der Waals surface area contributed by atoms with Gasteiger partial charge in [0, 0.05) is 31.0 Å². The number of aromatic nitrogens is 4. The number of nitrogens with zero attached hydrogens (tertiary/aromatic N) is 5. The molecule has 0 saturated carbocycles. The zero-order chi connectivity index (χ0) is 20.2. The zero-order valence-electron chi connectivity index (χ0n) is 16.8. The Morgan fingerprint density at radius 1 is 1.10 bits per heavy atom. The van der Waals surface area contributed by atoms with Gasteiger partial charge in [-0.25, -0.2) is 0 Å². The van der Waals surface area contributed by atoms with E-state index in [0.717, 1.165) is 53.7 Å². The summed E-state index contributed by atoms with van der Waals surface area (Å²) >= 11 is 1.45. The molecule has 1 amide bonds. The summed E-state index contributed by atoms with van der Waals surface area (Å²) in [5.41, 5.74) is 4.26. The number of hydrogen-bond donors (Lipinski definition) is 0. The molecule has 3 aromatic rings. The van der Waals surface area contributed by atoms with Gasteiger partial charge in [0.1, 0.15) is 0 Å². The highest BCUT2D eigenvalue weighted by Gasteiger charge is 2.21. The molecule has 1 aliphatic rings. The molecule has 0 radical (unpaired) electrons. The summed E-state index contributed by atoms with van der Waals surface area (Å²) in [6, 6.07) is 10.2. The number of piperidine rings is 1. The first-order valence-electron chi connectivity index (χ1n) is 9.97. The molecule has 1 fully saturated rings. The molecule has 2 aromatic heterocycles. The Labute approximate surface area is 175 Å². The minimum atomic E-state index is 0.174. The van der Waals surface area contributed by atoms with Crippen molar-refractivity contribution in [1.29, 1.82) is 0 Å². The molecule has 0 spiro atoms. The lowest BCUT2D eigenvalue weighted by molar-refractivity contribution is -0.129. The topological polar surface area (TPSA) is 63.9 Å². The number of carbonyl (C=O) groups is 1. The van der Waals surface area contributed by atoms with Crippen molar-refractivity contribution in [3.63, 3.8) is 0 Å². The van der Waals surface area contributed by atoms with E-state index in [2.05, 4.69) is 47.2 Å². The van der Waals surface area contributed by atoms with E-state index >= 15 is 0 Å². The van der Waals surface area contributed by atoms with Gasteiger partial charge in [-0.05, 0) is 56.9 Å². The van der Waals surface area contributed by atoms with Crippen LogP contribution < -0.4 is 0 Å². The van der Waals surface area contributed by atoms with E-state index < -0.39 is 0 Å². The van der Waals surface area contributed by atoms with E-state index in [1.807, 2.05) is 21.6 Å². The predicted octanol–water partition coefficient (Wildman–Crippen LogP) is 4.05. The molecule has 0 atom stereocenters. The molecule has 4 rings (SSSR count). The van der Waals surface area contributed by atoms with Crippen molar-refractivity contribution in [1.82, 2.24) is 24.6 Å². The van der Waals surface area contributed by atoms with Crippen LogP contribution in [0.3, 0.4) is 0 Å². The first kappa shape index (κ1) is 19.6. The van der Waals surface area contributed by atoms with Gasteiger partial charge in [-0.15, -0.1) is 10.2 Å². The minimum absolute atomic E-state index is 0.174. The fraction of sp³-hybridized carbons (Fsp3) is 0.364. The molecule has 0 bridgehead atoms. The molecule has 0 N–H and O–H groups in total. The number of amides is 1. The second-order valence-corrected chi connectivity index (χ2v) is 8.35. The Balaban J connectivity index is 1.66. The molecule has 1 aromatic carbocycles. The van der Waals surface area contributed by atoms with Gasteiger partial charge in [-0.2, -0.15) is 0 Å². The van der Waals surface area contributed by atoms with Crippen LogP contribution >= 0.6 is 11.8 Å². The number of likely N-dealkylation sites (tertiary alicyclic amines) is 1. The summed E-state index contributed by atoms with van der Waals surface area (Å²) in [4.78, 5) is 18.8. The third kappa shape index (κ3) is 4.34. The lowest BCUT2D eigenvalue weighted by Crippen LogP contribution is -2.36. The van der Waals surface area contributed by atoms with Crippen LogP contribution in [-0.2, 0) is 4.79 Å². The van der Waals surface area contributed by atoms with E-state index in [4.69, 9.17) is 0 Å². The van der Waals surface area contributed by atoms with E-state index in [1.54, 1.807) is 12.4 Å². The molecule has 6 nitrogen and oxygen atoms in total. The lowest BCUT2D eigenvalue weighted by Gasteiger charge is -2.26. The van der Waals surface area contributed by atoms with Gasteiger partial charge in [0.15, 0.2) is 11.0 Å². The summed E-state index contributed by atoms with van der Waals surface area (Å²) in [6.07, 6.45) is 6.94. The number of aryl methyl sites for hydroxylation is 2. The maximum atomic E-state index is 12.6. The first-order chi connectivity index (χ1) is 14.1. The average molecular weight is 408 g/mol. The summed E-state index contributed by atoms with van der Waals surface area (Å²) < 4.78 is 2.04. The van der Waals surface area contributed by atoms with Crippen molar-refractivity contribution in [2.75, 3.05) is 18.8 Å². The van der Waals surface area contributed by atoms with Gasteiger partial charge >= 0.3 is 0 Å². The molecule has 3 heterocycles. The standard InChI is InChI=1S/C22H25N5OS/c1-16-8-9-19(17(2)13-16)27-21(18-7-6-10-23-14-18)24-25-22(27)29-15-20(28)26-11-4-3-5-12-26/h6-10,13-14H,3-5,11-12,15H2,1-2H3. The van der Waals surface area contributed by atoms with E-state index in [-0.39, 0.29) is 5.91 Å². The molecule has 0 unspecified atom stereocenters. The Kier molecular flexibility index (Phi) is 5.94. The number of rotatable bonds is 5. The van der Waals surface area contributed by atoms with E-state index in [1.165, 1.54) is 23.7 Å². The monoisotopic (exact) mass is 407 g/mol. The number of pyridine rings is 1. The van der Waals surface area contributed by atoms with Gasteiger partial charge in [0.25, 0.3) is 0 Å². The second-order valence-electron chi connectivity index (χ2n) is 7.40. The van der Waals surface area contributed by atoms with Gasteiger partial charge in [0.2, 0.25) is 5.91 Å². The quantitative estimate of drug-likeness (QED) is 0.597. The molecular weight excluding hydrogens is 382 g/mol. The SMILES string of the molecule is Cc1ccc(-n2c(SCC(=O)N3CCCCC3)nnc2-c2cccnc2)c(C)c1. The smallest absolute Gasteiger partial charge is 0.233 e. The van der Waals surface area contributed by atoms with Gasteiger partial charge in [0.05, 0.1) is 11.4 Å². The van der Waals surface area contributed by atoms with Crippen molar-refractivity contribution in [3.8, 4) is 17.1 Å². The lowest BCUT2D eigenvalue weighted by atomic mass is 10.1. The highest BCUT2D eigenvalue weighted by Crippen LogP contribution is 2.29. The largest absolute Gasteiger partial charge is 0.342 e. The molecular formula is C22H25N5OS. The fourth-order valence-corrected chi connectivity index (χ4v) is 4.53. The first-order valence-corrected chi connectivity index (χ1v) is 11.0. The number of thioether (sulfide) groups is 1. The van der Waals surface area contributed by atoms with E-state index in [9.17, 15) is 4.79 Å². The van der Waals surface area contributed by atoms with Gasteiger partial charge < -0.3 is 4.90 Å². The molecule has 29 heavy (non-hydrogen) atoms. The van der Waals surface area contributed by atoms with Gasteiger partial charge in [-0.1, -0.05) is 29.5 Å². The second kappa shape index (κ2) is 8.78. The van der Waals surface area contributed by atoms with Crippen LogP contribution in [0.1, 0.15) is 30.4 Å². The van der Waals surface area contributed by atoms with E-state index in [0.29, 0.717) is 5.75 Å². The highest BCUT2D eigenvalue weighted by atomic mass is 32.2. The predicted molar refractivity (Wildman–Crippen MR) is 115 cm³/mol. The van der Waals surface area contributed by atoms with Crippen LogP contribution in [0, 0.1) is 13.8 Å². The molecule has 1 saturated heterocycles. The summed E-state index contributed by atoms with van der Waals surface area (Å²) in [5.74, 6) is 1.28. The molecule has 0 aliphatic carbocycles. The number of hydrogen-bond acceptors (Lipinski definition) is 5. The van der Waals surface area contributed by atoms with Crippen molar-refractivity contribution in [2.45, 2.75) is 38.3 Å². The third-order valence-electron chi connectivity index (χ3n) is 5.18. The van der Waals surface area contributed by atoms with Crippen LogP contribution in [0.15, 0.2) is 47.9 Å². The maximum absolute atomic E-state index is 12.6. The molecule has 7 heteroatoms. The average Bonchev–Trinajstić information content (AvgIpc) is 3.17. The molecule has 150 valence electrons.